The van der Waals surface area contributed by atoms with Crippen LogP contribution in [0, 0.1) is 0 Å². The molecule has 0 N–H and O–H groups in total. The lowest BCUT2D eigenvalue weighted by atomic mass is 9.90. The monoisotopic (exact) mass is 447 g/mol. The fourth-order valence-electron chi connectivity index (χ4n) is 4.32. The molecule has 3 aromatic rings. The summed E-state index contributed by atoms with van der Waals surface area (Å²) in [6, 6.07) is 17.4. The number of para-hydroxylation sites is 2. The van der Waals surface area contributed by atoms with Gasteiger partial charge in [0, 0.05) is 35.1 Å². The molecule has 4 rings (SSSR count). The van der Waals surface area contributed by atoms with E-state index in [9.17, 15) is 9.59 Å². The molecular formula is C26H29N3O2S. The number of rotatable bonds is 3. The second-order valence-corrected chi connectivity index (χ2v) is 10.2. The molecule has 5 nitrogen and oxygen atoms in total. The highest BCUT2D eigenvalue weighted by atomic mass is 32.1. The molecule has 2 amide bonds. The minimum absolute atomic E-state index is 0.0160. The Morgan fingerprint density at radius 2 is 1.72 bits per heavy atom. The molecule has 0 saturated carbocycles. The van der Waals surface area contributed by atoms with Crippen molar-refractivity contribution < 1.29 is 9.59 Å². The molecule has 1 aliphatic rings. The van der Waals surface area contributed by atoms with Crippen molar-refractivity contribution in [3.63, 3.8) is 0 Å². The number of amides is 2. The summed E-state index contributed by atoms with van der Waals surface area (Å²) in [7, 11) is 0. The number of anilines is 2. The molecular weight excluding hydrogens is 418 g/mol. The molecule has 0 bridgehead atoms. The van der Waals surface area contributed by atoms with Gasteiger partial charge in [0.05, 0.1) is 11.7 Å². The molecule has 32 heavy (non-hydrogen) atoms. The molecule has 0 fully saturated rings. The van der Waals surface area contributed by atoms with E-state index >= 15 is 0 Å². The fourth-order valence-corrected chi connectivity index (χ4v) is 5.30. The van der Waals surface area contributed by atoms with Gasteiger partial charge in [-0.15, -0.1) is 11.3 Å². The lowest BCUT2D eigenvalue weighted by molar-refractivity contribution is -0.117. The minimum Gasteiger partial charge on any atom is -0.305 e. The molecule has 2 aromatic carbocycles. The van der Waals surface area contributed by atoms with Crippen LogP contribution in [-0.4, -0.2) is 22.8 Å². The van der Waals surface area contributed by atoms with Crippen molar-refractivity contribution in [3.05, 3.63) is 76.2 Å². The third-order valence-corrected chi connectivity index (χ3v) is 6.75. The molecule has 166 valence electrons. The van der Waals surface area contributed by atoms with Gasteiger partial charge in [0.15, 0.2) is 5.01 Å². The number of aromatic nitrogens is 1. The van der Waals surface area contributed by atoms with Gasteiger partial charge in [0.25, 0.3) is 5.91 Å². The largest absolute Gasteiger partial charge is 0.305 e. The van der Waals surface area contributed by atoms with Crippen LogP contribution in [0.2, 0.25) is 0 Å². The predicted octanol–water partition coefficient (Wildman–Crippen LogP) is 5.97. The molecule has 0 spiro atoms. The zero-order valence-electron chi connectivity index (χ0n) is 19.2. The van der Waals surface area contributed by atoms with Crippen molar-refractivity contribution in [2.24, 2.45) is 0 Å². The standard InChI is InChI=1S/C26H29N3O2S/c1-17-15-22(29(18(2)30)19-11-7-6-8-12-19)20-13-9-10-14-21(20)28(17)25(31)24-27-23(16-32-24)26(3,4)5/h6-14,16-17,22H,15H2,1-5H3. The molecule has 6 heteroatoms. The maximum atomic E-state index is 13.6. The van der Waals surface area contributed by atoms with Crippen LogP contribution in [0.3, 0.4) is 0 Å². The molecule has 2 heterocycles. The van der Waals surface area contributed by atoms with Gasteiger partial charge in [0.1, 0.15) is 0 Å². The molecule has 2 atom stereocenters. The zero-order valence-corrected chi connectivity index (χ0v) is 20.0. The zero-order chi connectivity index (χ0) is 23.0. The van der Waals surface area contributed by atoms with E-state index in [2.05, 4.69) is 25.8 Å². The van der Waals surface area contributed by atoms with E-state index < -0.39 is 0 Å². The van der Waals surface area contributed by atoms with Gasteiger partial charge < -0.3 is 9.80 Å². The summed E-state index contributed by atoms with van der Waals surface area (Å²) in [6.45, 7) is 9.93. The van der Waals surface area contributed by atoms with E-state index in [-0.39, 0.29) is 29.3 Å². The number of fused-ring (bicyclic) bond motifs is 1. The van der Waals surface area contributed by atoms with Crippen LogP contribution < -0.4 is 9.80 Å². The summed E-state index contributed by atoms with van der Waals surface area (Å²) >= 11 is 1.40. The maximum Gasteiger partial charge on any atom is 0.287 e. The van der Waals surface area contributed by atoms with E-state index in [0.29, 0.717) is 11.4 Å². The van der Waals surface area contributed by atoms with Gasteiger partial charge in [-0.3, -0.25) is 9.59 Å². The number of nitrogens with zero attached hydrogens (tertiary/aromatic N) is 3. The van der Waals surface area contributed by atoms with Crippen LogP contribution in [0.5, 0.6) is 0 Å². The molecule has 0 aliphatic carbocycles. The van der Waals surface area contributed by atoms with E-state index in [1.54, 1.807) is 6.92 Å². The van der Waals surface area contributed by atoms with Crippen LogP contribution in [-0.2, 0) is 10.2 Å². The molecule has 1 aromatic heterocycles. The molecule has 0 saturated heterocycles. The van der Waals surface area contributed by atoms with Gasteiger partial charge in [-0.25, -0.2) is 4.98 Å². The van der Waals surface area contributed by atoms with E-state index in [4.69, 9.17) is 0 Å². The van der Waals surface area contributed by atoms with Crippen LogP contribution in [0.25, 0.3) is 0 Å². The highest BCUT2D eigenvalue weighted by Crippen LogP contribution is 2.43. The first-order valence-electron chi connectivity index (χ1n) is 10.9. The van der Waals surface area contributed by atoms with Gasteiger partial charge >= 0.3 is 0 Å². The highest BCUT2D eigenvalue weighted by molar-refractivity contribution is 7.11. The Kier molecular flexibility index (Phi) is 5.91. The van der Waals surface area contributed by atoms with Gasteiger partial charge in [-0.2, -0.15) is 0 Å². The number of thiazole rings is 1. The molecule has 0 radical (unpaired) electrons. The maximum absolute atomic E-state index is 13.6. The average Bonchev–Trinajstić information content (AvgIpc) is 3.25. The third-order valence-electron chi connectivity index (χ3n) is 5.92. The van der Waals surface area contributed by atoms with Crippen LogP contribution >= 0.6 is 11.3 Å². The first-order valence-corrected chi connectivity index (χ1v) is 11.8. The number of carbonyl (C=O) groups excluding carboxylic acids is 2. The topological polar surface area (TPSA) is 53.5 Å². The van der Waals surface area contributed by atoms with E-state index in [0.717, 1.165) is 22.6 Å². The summed E-state index contributed by atoms with van der Waals surface area (Å²) in [5.41, 5.74) is 3.50. The smallest absolute Gasteiger partial charge is 0.287 e. The number of hydrogen-bond acceptors (Lipinski definition) is 4. The average molecular weight is 448 g/mol. The molecule has 2 unspecified atom stereocenters. The third kappa shape index (κ3) is 4.07. The van der Waals surface area contributed by atoms with Crippen molar-refractivity contribution in [2.75, 3.05) is 9.80 Å². The summed E-state index contributed by atoms with van der Waals surface area (Å²) in [4.78, 5) is 34.7. The van der Waals surface area contributed by atoms with Gasteiger partial charge in [-0.05, 0) is 37.1 Å². The number of carbonyl (C=O) groups is 2. The Balaban J connectivity index is 1.75. The number of benzene rings is 2. The lowest BCUT2D eigenvalue weighted by Crippen LogP contribution is -2.47. The summed E-state index contributed by atoms with van der Waals surface area (Å²) in [6.07, 6.45) is 0.648. The Morgan fingerprint density at radius 3 is 2.34 bits per heavy atom. The van der Waals surface area contributed by atoms with Gasteiger partial charge in [0.2, 0.25) is 5.91 Å². The lowest BCUT2D eigenvalue weighted by Gasteiger charge is -2.43. The Hall–Kier alpha value is -2.99. The van der Waals surface area contributed by atoms with Crippen molar-refractivity contribution in [3.8, 4) is 0 Å². The highest BCUT2D eigenvalue weighted by Gasteiger charge is 2.39. The van der Waals surface area contributed by atoms with E-state index in [1.807, 2.05) is 76.7 Å². The van der Waals surface area contributed by atoms with E-state index in [1.165, 1.54) is 11.3 Å². The Bertz CT molecular complexity index is 1130. The van der Waals surface area contributed by atoms with Gasteiger partial charge in [-0.1, -0.05) is 57.2 Å². The Morgan fingerprint density at radius 1 is 1.06 bits per heavy atom. The minimum atomic E-state index is -0.147. The predicted molar refractivity (Wildman–Crippen MR) is 130 cm³/mol. The van der Waals surface area contributed by atoms with Crippen molar-refractivity contribution in [2.45, 2.75) is 58.5 Å². The van der Waals surface area contributed by atoms with Crippen molar-refractivity contribution >= 4 is 34.5 Å². The summed E-state index contributed by atoms with van der Waals surface area (Å²) in [5.74, 6) is -0.101. The van der Waals surface area contributed by atoms with Crippen LogP contribution in [0.4, 0.5) is 11.4 Å². The second kappa shape index (κ2) is 8.51. The Labute approximate surface area is 193 Å². The fraction of sp³-hybridized carbons (Fsp3) is 0.346. The molecule has 1 aliphatic heterocycles. The first kappa shape index (κ1) is 22.2. The summed E-state index contributed by atoms with van der Waals surface area (Å²) < 4.78 is 0. The number of hydrogen-bond donors (Lipinski definition) is 0. The normalized spacial score (nSPS) is 18.2. The SMILES string of the molecule is CC(=O)N(c1ccccc1)C1CC(C)N(C(=O)c2nc(C(C)(C)C)cs2)c2ccccc21. The summed E-state index contributed by atoms with van der Waals surface area (Å²) in [5, 5.41) is 2.48. The van der Waals surface area contributed by atoms with Crippen molar-refractivity contribution in [1.82, 2.24) is 4.98 Å². The van der Waals surface area contributed by atoms with Crippen molar-refractivity contribution in [1.29, 1.82) is 0 Å². The quantitative estimate of drug-likeness (QED) is 0.497. The second-order valence-electron chi connectivity index (χ2n) is 9.35. The van der Waals surface area contributed by atoms with Crippen LogP contribution in [0.15, 0.2) is 60.0 Å². The van der Waals surface area contributed by atoms with Crippen LogP contribution in [0.1, 0.15) is 68.1 Å². The first-order chi connectivity index (χ1) is 15.2.